The van der Waals surface area contributed by atoms with E-state index in [9.17, 15) is 0 Å². The third-order valence-corrected chi connectivity index (χ3v) is 14.2. The number of hydrogen-bond donors (Lipinski definition) is 0. The van der Waals surface area contributed by atoms with Gasteiger partial charge in [0.1, 0.15) is 0 Å². The lowest BCUT2D eigenvalue weighted by atomic mass is 9.67. The lowest BCUT2D eigenvalue weighted by Crippen LogP contribution is -2.32. The van der Waals surface area contributed by atoms with E-state index in [-0.39, 0.29) is 0 Å². The number of benzene rings is 9. The van der Waals surface area contributed by atoms with Gasteiger partial charge in [-0.2, -0.15) is 0 Å². The molecule has 9 aromatic carbocycles. The van der Waals surface area contributed by atoms with Crippen molar-refractivity contribution in [2.75, 3.05) is 4.90 Å². The predicted octanol–water partition coefficient (Wildman–Crippen LogP) is 14.9. The van der Waals surface area contributed by atoms with Crippen molar-refractivity contribution in [3.05, 3.63) is 274 Å². The molecule has 280 valence electrons. The molecule has 0 N–H and O–H groups in total. The Labute approximate surface area is 354 Å². The molecule has 3 heteroatoms. The third kappa shape index (κ3) is 4.66. The number of anilines is 3. The highest BCUT2D eigenvalue weighted by Gasteiger charge is 2.51. The minimum absolute atomic E-state index is 0.503. The number of rotatable bonds is 5. The molecule has 2 nitrogen and oxygen atoms in total. The molecule has 1 spiro atoms. The predicted molar refractivity (Wildman–Crippen MR) is 246 cm³/mol. The Bertz CT molecular complexity index is 3120. The molecule has 1 aliphatic heterocycles. The Morgan fingerprint density at radius 3 is 1.52 bits per heavy atom. The Kier molecular flexibility index (Phi) is 7.70. The molecule has 0 amide bonds. The molecular weight excluding hydrogens is 745 g/mol. The Balaban J connectivity index is 1.15. The lowest BCUT2D eigenvalue weighted by molar-refractivity contribution is 0.722. The van der Waals surface area contributed by atoms with Crippen molar-refractivity contribution in [3.63, 3.8) is 0 Å². The van der Waals surface area contributed by atoms with Crippen LogP contribution in [-0.2, 0) is 10.8 Å². The van der Waals surface area contributed by atoms with E-state index in [4.69, 9.17) is 6.57 Å². The molecule has 0 unspecified atom stereocenters. The monoisotopic (exact) mass is 780 g/mol. The first-order valence-electron chi connectivity index (χ1n) is 20.5. The number of hydrogen-bond acceptors (Lipinski definition) is 2. The second-order valence-corrected chi connectivity index (χ2v) is 16.9. The number of fused-ring (bicyclic) bond motifs is 12. The topological polar surface area (TPSA) is 7.60 Å². The van der Waals surface area contributed by atoms with E-state index in [1.807, 2.05) is 23.9 Å². The van der Waals surface area contributed by atoms with Crippen LogP contribution in [0.15, 0.2) is 228 Å². The molecule has 0 saturated carbocycles. The van der Waals surface area contributed by atoms with Crippen LogP contribution in [0.25, 0.3) is 27.1 Å². The normalized spacial score (nSPS) is 14.2. The summed E-state index contributed by atoms with van der Waals surface area (Å²) in [5.74, 6) is 0. The fraction of sp³-hybridized carbons (Fsp3) is 0.0351. The summed E-state index contributed by atoms with van der Waals surface area (Å²) in [7, 11) is 0. The summed E-state index contributed by atoms with van der Waals surface area (Å²) in [6.07, 6.45) is 0. The van der Waals surface area contributed by atoms with Gasteiger partial charge in [-0.15, -0.1) is 0 Å². The molecule has 9 aromatic rings. The van der Waals surface area contributed by atoms with E-state index in [1.54, 1.807) is 0 Å². The molecule has 0 atom stereocenters. The Hall–Kier alpha value is -7.38. The maximum absolute atomic E-state index is 7.82. The van der Waals surface area contributed by atoms with Gasteiger partial charge in [0.25, 0.3) is 0 Å². The third-order valence-electron chi connectivity index (χ3n) is 13.0. The number of nitrogens with zero attached hydrogens (tertiary/aromatic N) is 2. The average molecular weight is 781 g/mol. The van der Waals surface area contributed by atoms with Gasteiger partial charge in [-0.05, 0) is 104 Å². The fourth-order valence-corrected chi connectivity index (χ4v) is 12.0. The highest BCUT2D eigenvalue weighted by atomic mass is 32.2. The van der Waals surface area contributed by atoms with E-state index in [0.29, 0.717) is 5.69 Å². The van der Waals surface area contributed by atoms with Gasteiger partial charge in [-0.3, -0.25) is 0 Å². The van der Waals surface area contributed by atoms with Crippen LogP contribution < -0.4 is 4.90 Å². The average Bonchev–Trinajstić information content (AvgIpc) is 3.79. The molecule has 2 aliphatic carbocycles. The summed E-state index contributed by atoms with van der Waals surface area (Å²) in [4.78, 5) is 8.78. The Morgan fingerprint density at radius 1 is 0.383 bits per heavy atom. The molecular formula is C57H36N2S. The van der Waals surface area contributed by atoms with Crippen LogP contribution >= 0.6 is 11.8 Å². The fourth-order valence-electron chi connectivity index (χ4n) is 10.8. The van der Waals surface area contributed by atoms with Gasteiger partial charge in [0.15, 0.2) is 5.69 Å². The smallest absolute Gasteiger partial charge is 0.187 e. The first-order valence-corrected chi connectivity index (χ1v) is 21.3. The molecule has 0 saturated heterocycles. The second kappa shape index (κ2) is 13.3. The standard InChI is InChI=1S/C57H36N2S/c1-58-40-33-35-41(36-34-40)59(42-20-15-19-39(37-42)56(38-17-3-2-4-18-38)46-24-8-5-21-43(46)44-22-6-9-25-47(44)56)52-30-16-29-51-55(52)45-23-7-10-26-48(45)57(51)49-27-11-13-31-53(49)60-54-32-14-12-28-50(54)57/h2-37H. The zero-order valence-corrected chi connectivity index (χ0v) is 33.4. The van der Waals surface area contributed by atoms with Crippen molar-refractivity contribution < 1.29 is 0 Å². The van der Waals surface area contributed by atoms with Gasteiger partial charge >= 0.3 is 0 Å². The van der Waals surface area contributed by atoms with Gasteiger partial charge < -0.3 is 4.90 Å². The first kappa shape index (κ1) is 34.6. The van der Waals surface area contributed by atoms with Crippen molar-refractivity contribution in [3.8, 4) is 22.3 Å². The van der Waals surface area contributed by atoms with E-state index in [2.05, 4.69) is 216 Å². The summed E-state index contributed by atoms with van der Waals surface area (Å²) >= 11 is 1.87. The van der Waals surface area contributed by atoms with Gasteiger partial charge in [0, 0.05) is 26.7 Å². The summed E-state index contributed by atoms with van der Waals surface area (Å²) < 4.78 is 0. The summed E-state index contributed by atoms with van der Waals surface area (Å²) in [5.41, 5.74) is 17.9. The van der Waals surface area contributed by atoms with Crippen LogP contribution in [0.3, 0.4) is 0 Å². The van der Waals surface area contributed by atoms with Crippen molar-refractivity contribution in [1.82, 2.24) is 0 Å². The quantitative estimate of drug-likeness (QED) is 0.161. The van der Waals surface area contributed by atoms with E-state index < -0.39 is 10.8 Å². The zero-order chi connectivity index (χ0) is 39.8. The SMILES string of the molecule is [C-]#[N+]c1ccc(N(c2cccc(C3(c4ccccc4)c4ccccc4-c4ccccc43)c2)c2cccc3c2-c2ccccc2C32c3ccccc3Sc3ccccc32)cc1. The molecule has 0 radical (unpaired) electrons. The maximum Gasteiger partial charge on any atom is 0.187 e. The summed E-state index contributed by atoms with van der Waals surface area (Å²) in [5, 5.41) is 0. The van der Waals surface area contributed by atoms with E-state index in [1.165, 1.54) is 76.6 Å². The molecule has 3 aliphatic rings. The zero-order valence-electron chi connectivity index (χ0n) is 32.6. The van der Waals surface area contributed by atoms with Gasteiger partial charge in [0.2, 0.25) is 0 Å². The van der Waals surface area contributed by atoms with Gasteiger partial charge in [-0.25, -0.2) is 4.85 Å². The van der Waals surface area contributed by atoms with Crippen LogP contribution in [0, 0.1) is 6.57 Å². The van der Waals surface area contributed by atoms with Crippen LogP contribution in [0.1, 0.15) is 44.5 Å². The van der Waals surface area contributed by atoms with Gasteiger partial charge in [-0.1, -0.05) is 188 Å². The van der Waals surface area contributed by atoms with Gasteiger partial charge in [0.05, 0.1) is 23.1 Å². The van der Waals surface area contributed by atoms with E-state index >= 15 is 0 Å². The Morgan fingerprint density at radius 2 is 0.883 bits per heavy atom. The first-order chi connectivity index (χ1) is 29.7. The minimum atomic E-state index is -0.549. The summed E-state index contributed by atoms with van der Waals surface area (Å²) in [6, 6.07) is 80.0. The molecule has 60 heavy (non-hydrogen) atoms. The maximum atomic E-state index is 7.82. The van der Waals surface area contributed by atoms with Crippen molar-refractivity contribution in [2.24, 2.45) is 0 Å². The molecule has 0 aromatic heterocycles. The lowest BCUT2D eigenvalue weighted by Gasteiger charge is -2.39. The highest BCUT2D eigenvalue weighted by molar-refractivity contribution is 7.99. The summed E-state index contributed by atoms with van der Waals surface area (Å²) in [6.45, 7) is 7.82. The van der Waals surface area contributed by atoms with Crippen LogP contribution in [0.2, 0.25) is 0 Å². The van der Waals surface area contributed by atoms with Crippen molar-refractivity contribution in [2.45, 2.75) is 20.6 Å². The molecule has 12 rings (SSSR count). The molecule has 0 bridgehead atoms. The van der Waals surface area contributed by atoms with Crippen molar-refractivity contribution >= 4 is 34.5 Å². The molecule has 1 heterocycles. The van der Waals surface area contributed by atoms with Crippen LogP contribution in [0.5, 0.6) is 0 Å². The van der Waals surface area contributed by atoms with Crippen LogP contribution in [-0.4, -0.2) is 0 Å². The van der Waals surface area contributed by atoms with E-state index in [0.717, 1.165) is 17.1 Å². The highest BCUT2D eigenvalue weighted by Crippen LogP contribution is 2.64. The minimum Gasteiger partial charge on any atom is -0.310 e. The second-order valence-electron chi connectivity index (χ2n) is 15.8. The van der Waals surface area contributed by atoms with Crippen molar-refractivity contribution in [1.29, 1.82) is 0 Å². The largest absolute Gasteiger partial charge is 0.310 e. The van der Waals surface area contributed by atoms with Crippen LogP contribution in [0.4, 0.5) is 22.7 Å². The molecule has 0 fully saturated rings.